The first-order valence-corrected chi connectivity index (χ1v) is 10.1. The summed E-state index contributed by atoms with van der Waals surface area (Å²) in [4.78, 5) is 29.0. The zero-order valence-corrected chi connectivity index (χ0v) is 17.8. The molecule has 142 valence electrons. The van der Waals surface area contributed by atoms with Crippen LogP contribution in [0.4, 0.5) is 5.69 Å². The molecule has 0 atom stereocenters. The Hall–Kier alpha value is -1.93. The number of carbonyl (C=O) groups excluding carboxylic acids is 2. The molecule has 2 aromatic rings. The monoisotopic (exact) mass is 477 g/mol. The van der Waals surface area contributed by atoms with Crippen molar-refractivity contribution >= 4 is 40.1 Å². The van der Waals surface area contributed by atoms with E-state index in [-0.39, 0.29) is 11.8 Å². The molecule has 1 saturated heterocycles. The third kappa shape index (κ3) is 5.07. The number of rotatable bonds is 4. The zero-order valence-electron chi connectivity index (χ0n) is 15.7. The van der Waals surface area contributed by atoms with Crippen LogP contribution >= 0.6 is 22.6 Å². The van der Waals surface area contributed by atoms with Crippen LogP contribution in [0.3, 0.4) is 0 Å². The largest absolute Gasteiger partial charge is 0.336 e. The highest BCUT2D eigenvalue weighted by atomic mass is 127. The van der Waals surface area contributed by atoms with E-state index < -0.39 is 0 Å². The van der Waals surface area contributed by atoms with Crippen molar-refractivity contribution < 1.29 is 9.59 Å². The van der Waals surface area contributed by atoms with Gasteiger partial charge in [-0.15, -0.1) is 0 Å². The van der Waals surface area contributed by atoms with Crippen molar-refractivity contribution in [2.24, 2.45) is 0 Å². The number of aryl methyl sites for hydroxylation is 2. The number of halogens is 1. The molecule has 2 aromatic carbocycles. The predicted octanol–water partition coefficient (Wildman–Crippen LogP) is 3.30. The Morgan fingerprint density at radius 1 is 0.963 bits per heavy atom. The van der Waals surface area contributed by atoms with Crippen molar-refractivity contribution in [3.63, 3.8) is 0 Å². The van der Waals surface area contributed by atoms with E-state index in [4.69, 9.17) is 0 Å². The molecule has 1 N–H and O–H groups in total. The second kappa shape index (κ2) is 8.84. The zero-order chi connectivity index (χ0) is 19.4. The maximum absolute atomic E-state index is 12.6. The van der Waals surface area contributed by atoms with Crippen LogP contribution in [0.25, 0.3) is 0 Å². The highest BCUT2D eigenvalue weighted by molar-refractivity contribution is 14.1. The fourth-order valence-electron chi connectivity index (χ4n) is 3.28. The summed E-state index contributed by atoms with van der Waals surface area (Å²) in [6.45, 7) is 7.03. The van der Waals surface area contributed by atoms with Gasteiger partial charge in [0.05, 0.1) is 6.54 Å². The van der Waals surface area contributed by atoms with E-state index in [1.165, 1.54) is 0 Å². The van der Waals surface area contributed by atoms with Gasteiger partial charge in [-0.25, -0.2) is 0 Å². The summed E-state index contributed by atoms with van der Waals surface area (Å²) in [5.74, 6) is 0.0517. The second-order valence-corrected chi connectivity index (χ2v) is 8.14. The van der Waals surface area contributed by atoms with E-state index in [0.29, 0.717) is 32.7 Å². The summed E-state index contributed by atoms with van der Waals surface area (Å²) in [6, 6.07) is 13.6. The molecule has 2 amide bonds. The lowest BCUT2D eigenvalue weighted by molar-refractivity contribution is -0.117. The molecule has 1 fully saturated rings. The van der Waals surface area contributed by atoms with Gasteiger partial charge in [0.25, 0.3) is 5.91 Å². The van der Waals surface area contributed by atoms with Gasteiger partial charge in [0.2, 0.25) is 5.91 Å². The minimum atomic E-state index is -0.00943. The fourth-order valence-corrected chi connectivity index (χ4v) is 3.64. The number of anilines is 1. The van der Waals surface area contributed by atoms with Crippen LogP contribution in [0, 0.1) is 17.4 Å². The van der Waals surface area contributed by atoms with E-state index in [9.17, 15) is 9.59 Å². The van der Waals surface area contributed by atoms with Crippen LogP contribution in [0.15, 0.2) is 42.5 Å². The molecule has 0 spiro atoms. The fraction of sp³-hybridized carbons (Fsp3) is 0.333. The summed E-state index contributed by atoms with van der Waals surface area (Å²) in [5.41, 5.74) is 3.75. The molecule has 1 aliphatic rings. The SMILES string of the molecule is Cc1cccc(C)c1NC(=O)CN1CCN(C(=O)c2ccc(I)cc2)CC1. The Balaban J connectivity index is 1.51. The molecule has 0 radical (unpaired) electrons. The topological polar surface area (TPSA) is 52.7 Å². The molecule has 0 aliphatic carbocycles. The molecule has 5 nitrogen and oxygen atoms in total. The van der Waals surface area contributed by atoms with Gasteiger partial charge < -0.3 is 10.2 Å². The second-order valence-electron chi connectivity index (χ2n) is 6.89. The first-order valence-electron chi connectivity index (χ1n) is 9.07. The number of amides is 2. The van der Waals surface area contributed by atoms with Crippen LogP contribution in [-0.2, 0) is 4.79 Å². The number of hydrogen-bond acceptors (Lipinski definition) is 3. The van der Waals surface area contributed by atoms with Gasteiger partial charge in [-0.2, -0.15) is 0 Å². The number of para-hydroxylation sites is 1. The number of hydrogen-bond donors (Lipinski definition) is 1. The Labute approximate surface area is 173 Å². The van der Waals surface area contributed by atoms with E-state index in [2.05, 4.69) is 32.8 Å². The lowest BCUT2D eigenvalue weighted by atomic mass is 10.1. The quantitative estimate of drug-likeness (QED) is 0.688. The van der Waals surface area contributed by atoms with Gasteiger partial charge in [-0.05, 0) is 71.8 Å². The molecular weight excluding hydrogens is 453 g/mol. The van der Waals surface area contributed by atoms with Gasteiger partial charge in [-0.3, -0.25) is 14.5 Å². The average molecular weight is 477 g/mol. The number of piperazine rings is 1. The Morgan fingerprint density at radius 2 is 1.56 bits per heavy atom. The van der Waals surface area contributed by atoms with Gasteiger partial charge in [0.1, 0.15) is 0 Å². The predicted molar refractivity (Wildman–Crippen MR) is 116 cm³/mol. The smallest absolute Gasteiger partial charge is 0.253 e. The molecular formula is C21H24IN3O2. The molecule has 27 heavy (non-hydrogen) atoms. The number of nitrogens with one attached hydrogen (secondary N) is 1. The highest BCUT2D eigenvalue weighted by Gasteiger charge is 2.23. The number of nitrogens with zero attached hydrogens (tertiary/aromatic N) is 2. The summed E-state index contributed by atoms with van der Waals surface area (Å²) in [5, 5.41) is 3.03. The van der Waals surface area contributed by atoms with Crippen LogP contribution < -0.4 is 5.32 Å². The maximum atomic E-state index is 12.6. The normalized spacial score (nSPS) is 14.9. The lowest BCUT2D eigenvalue weighted by Crippen LogP contribution is -2.50. The third-order valence-electron chi connectivity index (χ3n) is 4.86. The van der Waals surface area contributed by atoms with Crippen molar-refractivity contribution in [1.82, 2.24) is 9.80 Å². The van der Waals surface area contributed by atoms with E-state index in [1.807, 2.05) is 61.2 Å². The van der Waals surface area contributed by atoms with E-state index in [0.717, 1.165) is 25.9 Å². The van der Waals surface area contributed by atoms with Gasteiger partial charge in [-0.1, -0.05) is 18.2 Å². The first-order chi connectivity index (χ1) is 12.9. The van der Waals surface area contributed by atoms with Crippen molar-refractivity contribution in [1.29, 1.82) is 0 Å². The molecule has 6 heteroatoms. The van der Waals surface area contributed by atoms with Gasteiger partial charge >= 0.3 is 0 Å². The maximum Gasteiger partial charge on any atom is 0.253 e. The third-order valence-corrected chi connectivity index (χ3v) is 5.58. The van der Waals surface area contributed by atoms with E-state index >= 15 is 0 Å². The molecule has 1 aliphatic heterocycles. The Kier molecular flexibility index (Phi) is 6.49. The summed E-state index contributed by atoms with van der Waals surface area (Å²) in [7, 11) is 0. The van der Waals surface area contributed by atoms with Crippen LogP contribution in [0.1, 0.15) is 21.5 Å². The van der Waals surface area contributed by atoms with Crippen LogP contribution in [-0.4, -0.2) is 54.3 Å². The first kappa shape index (κ1) is 19.8. The minimum absolute atomic E-state index is 0.00943. The standard InChI is InChI=1S/C21H24IN3O2/c1-15-4-3-5-16(2)20(15)23-19(26)14-24-10-12-25(13-11-24)21(27)17-6-8-18(22)9-7-17/h3-9H,10-14H2,1-2H3,(H,23,26). The Morgan fingerprint density at radius 3 is 2.15 bits per heavy atom. The van der Waals surface area contributed by atoms with E-state index in [1.54, 1.807) is 0 Å². The minimum Gasteiger partial charge on any atom is -0.336 e. The molecule has 0 bridgehead atoms. The van der Waals surface area contributed by atoms with Crippen LogP contribution in [0.2, 0.25) is 0 Å². The summed E-state index contributed by atoms with van der Waals surface area (Å²) >= 11 is 2.23. The molecule has 0 aromatic heterocycles. The highest BCUT2D eigenvalue weighted by Crippen LogP contribution is 2.19. The van der Waals surface area contributed by atoms with Crippen molar-refractivity contribution in [2.75, 3.05) is 38.0 Å². The van der Waals surface area contributed by atoms with Gasteiger partial charge in [0, 0.05) is 41.0 Å². The van der Waals surface area contributed by atoms with Crippen molar-refractivity contribution in [3.05, 3.63) is 62.7 Å². The Bertz CT molecular complexity index is 808. The molecule has 1 heterocycles. The van der Waals surface area contributed by atoms with Gasteiger partial charge in [0.15, 0.2) is 0 Å². The average Bonchev–Trinajstić information content (AvgIpc) is 2.65. The number of benzene rings is 2. The molecule has 0 saturated carbocycles. The summed E-state index contributed by atoms with van der Waals surface area (Å²) in [6.07, 6.45) is 0. The molecule has 3 rings (SSSR count). The number of carbonyl (C=O) groups is 2. The van der Waals surface area contributed by atoms with Crippen molar-refractivity contribution in [3.8, 4) is 0 Å². The lowest BCUT2D eigenvalue weighted by Gasteiger charge is -2.34. The summed E-state index contributed by atoms with van der Waals surface area (Å²) < 4.78 is 1.11. The van der Waals surface area contributed by atoms with Crippen molar-refractivity contribution in [2.45, 2.75) is 13.8 Å². The van der Waals surface area contributed by atoms with Crippen LogP contribution in [0.5, 0.6) is 0 Å². The molecule has 0 unspecified atom stereocenters.